The number of hydrogen-bond acceptors (Lipinski definition) is 4. The summed E-state index contributed by atoms with van der Waals surface area (Å²) in [5, 5.41) is 0. The minimum Gasteiger partial charge on any atom is -0.467 e. The molecule has 4 heteroatoms. The van der Waals surface area contributed by atoms with Gasteiger partial charge in [-0.3, -0.25) is 0 Å². The predicted molar refractivity (Wildman–Crippen MR) is 59.5 cm³/mol. The fourth-order valence-corrected chi connectivity index (χ4v) is 1.36. The van der Waals surface area contributed by atoms with Gasteiger partial charge >= 0.3 is 0 Å². The van der Waals surface area contributed by atoms with Crippen molar-refractivity contribution in [1.29, 1.82) is 0 Å². The van der Waals surface area contributed by atoms with Crippen LogP contribution in [0.4, 0.5) is 11.5 Å². The lowest BCUT2D eigenvalue weighted by atomic mass is 10.3. The normalized spacial score (nSPS) is 10.2. The van der Waals surface area contributed by atoms with Gasteiger partial charge in [-0.15, -0.1) is 0 Å². The number of nitrogens with zero attached hydrogens (tertiary/aromatic N) is 2. The topological polar surface area (TPSA) is 55.3 Å². The number of nitrogens with two attached hydrogens (primary N) is 1. The Morgan fingerprint density at radius 1 is 1.47 bits per heavy atom. The highest BCUT2D eigenvalue weighted by Gasteiger charge is 2.04. The number of aromatic nitrogens is 1. The summed E-state index contributed by atoms with van der Waals surface area (Å²) in [6.45, 7) is 0.684. The first-order valence-electron chi connectivity index (χ1n) is 4.71. The molecular weight excluding hydrogens is 190 g/mol. The van der Waals surface area contributed by atoms with Crippen LogP contribution in [-0.2, 0) is 6.54 Å². The van der Waals surface area contributed by atoms with Crippen LogP contribution in [0.5, 0.6) is 0 Å². The molecule has 0 atom stereocenters. The Balaban J connectivity index is 2.11. The highest BCUT2D eigenvalue weighted by atomic mass is 16.3. The molecule has 0 radical (unpaired) electrons. The third kappa shape index (κ3) is 2.28. The van der Waals surface area contributed by atoms with Crippen molar-refractivity contribution in [3.05, 3.63) is 42.5 Å². The number of furan rings is 1. The summed E-state index contributed by atoms with van der Waals surface area (Å²) in [6.07, 6.45) is 3.36. The van der Waals surface area contributed by atoms with Gasteiger partial charge in [0.15, 0.2) is 0 Å². The van der Waals surface area contributed by atoms with Crippen LogP contribution in [-0.4, -0.2) is 12.0 Å². The summed E-state index contributed by atoms with van der Waals surface area (Å²) >= 11 is 0. The molecule has 0 unspecified atom stereocenters. The molecule has 2 rings (SSSR count). The lowest BCUT2D eigenvalue weighted by Crippen LogP contribution is -2.17. The second kappa shape index (κ2) is 4.04. The van der Waals surface area contributed by atoms with Crippen LogP contribution >= 0.6 is 0 Å². The molecule has 2 aromatic heterocycles. The van der Waals surface area contributed by atoms with E-state index in [2.05, 4.69) is 4.98 Å². The van der Waals surface area contributed by atoms with E-state index in [1.165, 1.54) is 0 Å². The molecule has 0 saturated carbocycles. The van der Waals surface area contributed by atoms with Crippen LogP contribution in [0.2, 0.25) is 0 Å². The zero-order valence-corrected chi connectivity index (χ0v) is 8.55. The molecular formula is C11H13N3O. The van der Waals surface area contributed by atoms with E-state index in [-0.39, 0.29) is 0 Å². The molecule has 0 bridgehead atoms. The number of nitrogen functional groups attached to an aromatic ring is 1. The summed E-state index contributed by atoms with van der Waals surface area (Å²) in [5.74, 6) is 1.74. The summed E-state index contributed by atoms with van der Waals surface area (Å²) < 4.78 is 5.26. The van der Waals surface area contributed by atoms with Gasteiger partial charge in [0, 0.05) is 25.0 Å². The van der Waals surface area contributed by atoms with Gasteiger partial charge in [0.05, 0.1) is 12.8 Å². The highest BCUT2D eigenvalue weighted by molar-refractivity contribution is 5.49. The van der Waals surface area contributed by atoms with Gasteiger partial charge in [0.1, 0.15) is 11.6 Å². The number of hydrogen-bond donors (Lipinski definition) is 1. The quantitative estimate of drug-likeness (QED) is 0.827. The first-order chi connectivity index (χ1) is 7.25. The van der Waals surface area contributed by atoms with E-state index in [4.69, 9.17) is 10.2 Å². The van der Waals surface area contributed by atoms with Crippen molar-refractivity contribution in [2.75, 3.05) is 17.7 Å². The van der Waals surface area contributed by atoms with Gasteiger partial charge in [-0.25, -0.2) is 4.98 Å². The molecule has 78 valence electrons. The standard InChI is InChI=1S/C11H13N3O/c1-14(8-10-3-2-6-15-10)11-7-9(12)4-5-13-11/h2-7H,8H2,1H3,(H2,12,13). The van der Waals surface area contributed by atoms with E-state index in [9.17, 15) is 0 Å². The van der Waals surface area contributed by atoms with Crippen LogP contribution in [0.3, 0.4) is 0 Å². The van der Waals surface area contributed by atoms with Crippen molar-refractivity contribution in [3.63, 3.8) is 0 Å². The first-order valence-corrected chi connectivity index (χ1v) is 4.71. The maximum absolute atomic E-state index is 5.68. The van der Waals surface area contributed by atoms with E-state index in [0.29, 0.717) is 12.2 Å². The van der Waals surface area contributed by atoms with Gasteiger partial charge in [-0.2, -0.15) is 0 Å². The van der Waals surface area contributed by atoms with E-state index < -0.39 is 0 Å². The smallest absolute Gasteiger partial charge is 0.130 e. The Labute approximate surface area is 88.3 Å². The van der Waals surface area contributed by atoms with Crippen molar-refractivity contribution < 1.29 is 4.42 Å². The van der Waals surface area contributed by atoms with E-state index >= 15 is 0 Å². The zero-order valence-electron chi connectivity index (χ0n) is 8.55. The van der Waals surface area contributed by atoms with Gasteiger partial charge in [-0.1, -0.05) is 0 Å². The fraction of sp³-hybridized carbons (Fsp3) is 0.182. The van der Waals surface area contributed by atoms with Crippen LogP contribution < -0.4 is 10.6 Å². The average Bonchev–Trinajstić information content (AvgIpc) is 2.70. The monoisotopic (exact) mass is 203 g/mol. The molecule has 0 amide bonds. The van der Waals surface area contributed by atoms with Gasteiger partial charge in [0.25, 0.3) is 0 Å². The molecule has 15 heavy (non-hydrogen) atoms. The Bertz CT molecular complexity index is 425. The van der Waals surface area contributed by atoms with E-state index in [0.717, 1.165) is 11.6 Å². The van der Waals surface area contributed by atoms with Crippen molar-refractivity contribution in [2.24, 2.45) is 0 Å². The number of pyridine rings is 1. The first kappa shape index (κ1) is 9.58. The average molecular weight is 203 g/mol. The summed E-state index contributed by atoms with van der Waals surface area (Å²) in [6, 6.07) is 7.41. The minimum absolute atomic E-state index is 0.684. The molecule has 4 nitrogen and oxygen atoms in total. The van der Waals surface area contributed by atoms with Crippen LogP contribution in [0.25, 0.3) is 0 Å². The second-order valence-electron chi connectivity index (χ2n) is 3.38. The van der Waals surface area contributed by atoms with Gasteiger partial charge in [0.2, 0.25) is 0 Å². The maximum atomic E-state index is 5.68. The summed E-state index contributed by atoms with van der Waals surface area (Å²) in [7, 11) is 1.95. The molecule has 0 aliphatic rings. The molecule has 2 aromatic rings. The van der Waals surface area contributed by atoms with Crippen molar-refractivity contribution in [1.82, 2.24) is 4.98 Å². The largest absolute Gasteiger partial charge is 0.467 e. The lowest BCUT2D eigenvalue weighted by Gasteiger charge is -2.16. The summed E-state index contributed by atoms with van der Waals surface area (Å²) in [5.41, 5.74) is 6.39. The maximum Gasteiger partial charge on any atom is 0.130 e. The molecule has 0 saturated heterocycles. The van der Waals surface area contributed by atoms with E-state index in [1.54, 1.807) is 18.5 Å². The van der Waals surface area contributed by atoms with Crippen molar-refractivity contribution >= 4 is 11.5 Å². The molecule has 2 N–H and O–H groups in total. The third-order valence-corrected chi connectivity index (χ3v) is 2.13. The van der Waals surface area contributed by atoms with Gasteiger partial charge in [-0.05, 0) is 18.2 Å². The lowest BCUT2D eigenvalue weighted by molar-refractivity contribution is 0.507. The SMILES string of the molecule is CN(Cc1ccco1)c1cc(N)ccn1. The van der Waals surface area contributed by atoms with Crippen molar-refractivity contribution in [3.8, 4) is 0 Å². The predicted octanol–water partition coefficient (Wildman–Crippen LogP) is 1.89. The zero-order chi connectivity index (χ0) is 10.7. The Hall–Kier alpha value is -1.97. The van der Waals surface area contributed by atoms with Crippen LogP contribution in [0.1, 0.15) is 5.76 Å². The molecule has 2 heterocycles. The second-order valence-corrected chi connectivity index (χ2v) is 3.38. The van der Waals surface area contributed by atoms with Crippen molar-refractivity contribution in [2.45, 2.75) is 6.54 Å². The van der Waals surface area contributed by atoms with Crippen LogP contribution in [0.15, 0.2) is 41.1 Å². The third-order valence-electron chi connectivity index (χ3n) is 2.13. The Morgan fingerprint density at radius 2 is 2.33 bits per heavy atom. The van der Waals surface area contributed by atoms with Crippen LogP contribution in [0, 0.1) is 0 Å². The number of rotatable bonds is 3. The summed E-state index contributed by atoms with van der Waals surface area (Å²) in [4.78, 5) is 6.21. The molecule has 0 aliphatic carbocycles. The molecule has 0 spiro atoms. The molecule has 0 aliphatic heterocycles. The number of anilines is 2. The molecule has 0 aromatic carbocycles. The molecule has 0 fully saturated rings. The fourth-order valence-electron chi connectivity index (χ4n) is 1.36. The van der Waals surface area contributed by atoms with E-state index in [1.807, 2.05) is 30.1 Å². The Morgan fingerprint density at radius 3 is 3.00 bits per heavy atom. The minimum atomic E-state index is 0.684. The Kier molecular flexibility index (Phi) is 2.58. The van der Waals surface area contributed by atoms with Gasteiger partial charge < -0.3 is 15.1 Å². The highest BCUT2D eigenvalue weighted by Crippen LogP contribution is 2.15.